The van der Waals surface area contributed by atoms with Gasteiger partial charge in [0.15, 0.2) is 0 Å². The lowest BCUT2D eigenvalue weighted by Crippen LogP contribution is -2.59. The van der Waals surface area contributed by atoms with Gasteiger partial charge in [0, 0.05) is 45.3 Å². The van der Waals surface area contributed by atoms with Crippen LogP contribution in [0.3, 0.4) is 0 Å². The fourth-order valence-corrected chi connectivity index (χ4v) is 2.17. The van der Waals surface area contributed by atoms with Crippen molar-refractivity contribution in [2.45, 2.75) is 31.3 Å². The van der Waals surface area contributed by atoms with Crippen molar-refractivity contribution in [1.29, 1.82) is 0 Å². The number of carboxylic acids is 1. The molecule has 21 heavy (non-hydrogen) atoms. The first-order valence-electron chi connectivity index (χ1n) is 6.84. The molecule has 2 heterocycles. The Hall–Kier alpha value is -2.16. The molecular weight excluding hydrogens is 278 g/mol. The normalized spacial score (nSPS) is 17.1. The number of nitrogens with zero attached hydrogens (tertiary/aromatic N) is 3. The summed E-state index contributed by atoms with van der Waals surface area (Å²) in [7, 11) is 0. The summed E-state index contributed by atoms with van der Waals surface area (Å²) in [5, 5.41) is 22.0. The minimum absolute atomic E-state index is 0.273. The highest BCUT2D eigenvalue weighted by molar-refractivity contribution is 5.86. The molecular formula is C12H19N5O4. The molecule has 3 N–H and O–H groups in total. The predicted molar refractivity (Wildman–Crippen MR) is 71.6 cm³/mol. The van der Waals surface area contributed by atoms with Crippen LogP contribution in [0.15, 0.2) is 12.4 Å². The molecule has 0 aliphatic carbocycles. The van der Waals surface area contributed by atoms with E-state index in [4.69, 9.17) is 4.74 Å². The van der Waals surface area contributed by atoms with Gasteiger partial charge in [0.05, 0.1) is 6.20 Å². The van der Waals surface area contributed by atoms with Crippen LogP contribution in [-0.4, -0.2) is 57.4 Å². The second kappa shape index (κ2) is 7.02. The van der Waals surface area contributed by atoms with Gasteiger partial charge in [-0.2, -0.15) is 0 Å². The lowest BCUT2D eigenvalue weighted by molar-refractivity contribution is -0.148. The summed E-state index contributed by atoms with van der Waals surface area (Å²) in [6.07, 6.45) is 4.55. The zero-order valence-electron chi connectivity index (χ0n) is 11.6. The highest BCUT2D eigenvalue weighted by Gasteiger charge is 2.41. The van der Waals surface area contributed by atoms with E-state index in [0.29, 0.717) is 32.7 Å². The number of hydrogen-bond acceptors (Lipinski definition) is 5. The molecule has 2 amide bonds. The first-order valence-corrected chi connectivity index (χ1v) is 6.84. The van der Waals surface area contributed by atoms with Crippen molar-refractivity contribution < 1.29 is 19.4 Å². The fraction of sp³-hybridized carbons (Fsp3) is 0.667. The smallest absolute Gasteiger partial charge is 0.329 e. The molecule has 9 nitrogen and oxygen atoms in total. The number of ether oxygens (including phenoxy) is 1. The summed E-state index contributed by atoms with van der Waals surface area (Å²) in [5.41, 5.74) is -1.23. The largest absolute Gasteiger partial charge is 0.480 e. The Labute approximate surface area is 121 Å². The van der Waals surface area contributed by atoms with Crippen LogP contribution in [0.25, 0.3) is 0 Å². The Morgan fingerprint density at radius 3 is 2.76 bits per heavy atom. The van der Waals surface area contributed by atoms with E-state index >= 15 is 0 Å². The number of hydrogen-bond donors (Lipinski definition) is 3. The van der Waals surface area contributed by atoms with Gasteiger partial charge < -0.3 is 20.5 Å². The molecule has 0 radical (unpaired) electrons. The molecule has 0 unspecified atom stereocenters. The summed E-state index contributed by atoms with van der Waals surface area (Å²) < 4.78 is 6.81. The van der Waals surface area contributed by atoms with E-state index in [0.717, 1.165) is 0 Å². The highest BCUT2D eigenvalue weighted by atomic mass is 16.5. The van der Waals surface area contributed by atoms with Crippen molar-refractivity contribution in [2.24, 2.45) is 0 Å². The van der Waals surface area contributed by atoms with E-state index in [1.807, 2.05) is 0 Å². The molecule has 0 aromatic carbocycles. The maximum Gasteiger partial charge on any atom is 0.329 e. The van der Waals surface area contributed by atoms with Crippen molar-refractivity contribution in [3.63, 3.8) is 0 Å². The second-order valence-corrected chi connectivity index (χ2v) is 4.90. The van der Waals surface area contributed by atoms with E-state index in [9.17, 15) is 14.7 Å². The van der Waals surface area contributed by atoms with Gasteiger partial charge in [-0.05, 0) is 6.42 Å². The van der Waals surface area contributed by atoms with Crippen LogP contribution in [0.1, 0.15) is 19.3 Å². The third-order valence-corrected chi connectivity index (χ3v) is 3.43. The van der Waals surface area contributed by atoms with Gasteiger partial charge in [-0.15, -0.1) is 5.10 Å². The van der Waals surface area contributed by atoms with E-state index in [1.165, 1.54) is 0 Å². The zero-order valence-corrected chi connectivity index (χ0v) is 11.6. The number of amides is 2. The van der Waals surface area contributed by atoms with E-state index < -0.39 is 17.5 Å². The van der Waals surface area contributed by atoms with Crippen molar-refractivity contribution in [1.82, 2.24) is 25.6 Å². The number of aliphatic carboxylic acids is 1. The average molecular weight is 297 g/mol. The molecule has 1 aliphatic rings. The topological polar surface area (TPSA) is 118 Å². The number of urea groups is 1. The Morgan fingerprint density at radius 2 is 2.14 bits per heavy atom. The zero-order chi connectivity index (χ0) is 15.1. The number of carbonyl (C=O) groups excluding carboxylic acids is 1. The molecule has 1 saturated heterocycles. The number of aryl methyl sites for hydroxylation is 1. The van der Waals surface area contributed by atoms with E-state index in [1.54, 1.807) is 17.1 Å². The number of carboxylic acid groups (broad SMARTS) is 1. The van der Waals surface area contributed by atoms with E-state index in [-0.39, 0.29) is 12.8 Å². The minimum atomic E-state index is -1.23. The molecule has 1 aromatic heterocycles. The van der Waals surface area contributed by atoms with Crippen molar-refractivity contribution in [3.05, 3.63) is 12.4 Å². The van der Waals surface area contributed by atoms with Crippen molar-refractivity contribution in [3.8, 4) is 0 Å². The summed E-state index contributed by atoms with van der Waals surface area (Å²) in [5.74, 6) is -1.02. The minimum Gasteiger partial charge on any atom is -0.480 e. The van der Waals surface area contributed by atoms with Crippen LogP contribution < -0.4 is 10.6 Å². The first-order chi connectivity index (χ1) is 10.1. The fourth-order valence-electron chi connectivity index (χ4n) is 2.17. The van der Waals surface area contributed by atoms with Gasteiger partial charge in [0.1, 0.15) is 5.54 Å². The van der Waals surface area contributed by atoms with Crippen LogP contribution in [0.2, 0.25) is 0 Å². The summed E-state index contributed by atoms with van der Waals surface area (Å²) in [6.45, 7) is 1.73. The Kier molecular flexibility index (Phi) is 5.09. The molecule has 116 valence electrons. The molecule has 0 saturated carbocycles. The van der Waals surface area contributed by atoms with Crippen LogP contribution in [0.5, 0.6) is 0 Å². The maximum absolute atomic E-state index is 11.8. The Balaban J connectivity index is 1.73. The number of rotatable bonds is 6. The Morgan fingerprint density at radius 1 is 1.38 bits per heavy atom. The molecule has 0 spiro atoms. The standard InChI is InChI=1S/C12H19N5O4/c18-10(19)12(2-8-21-9-3-12)15-11(20)13-4-1-6-17-7-5-14-16-17/h5,7H,1-4,6,8-9H2,(H,18,19)(H2,13,15,20). The molecule has 9 heteroatoms. The van der Waals surface area contributed by atoms with Crippen molar-refractivity contribution in [2.75, 3.05) is 19.8 Å². The molecule has 1 aliphatic heterocycles. The lowest BCUT2D eigenvalue weighted by Gasteiger charge is -2.33. The van der Waals surface area contributed by atoms with Gasteiger partial charge in [-0.3, -0.25) is 4.68 Å². The van der Waals surface area contributed by atoms with Crippen LogP contribution in [0, 0.1) is 0 Å². The molecule has 1 aromatic rings. The molecule has 0 bridgehead atoms. The van der Waals surface area contributed by atoms with Gasteiger partial charge in [-0.25, -0.2) is 9.59 Å². The van der Waals surface area contributed by atoms with Crippen LogP contribution in [-0.2, 0) is 16.1 Å². The van der Waals surface area contributed by atoms with Crippen LogP contribution >= 0.6 is 0 Å². The number of carbonyl (C=O) groups is 2. The second-order valence-electron chi connectivity index (χ2n) is 4.90. The van der Waals surface area contributed by atoms with E-state index in [2.05, 4.69) is 20.9 Å². The van der Waals surface area contributed by atoms with Gasteiger partial charge in [-0.1, -0.05) is 5.21 Å². The van der Waals surface area contributed by atoms with Crippen molar-refractivity contribution >= 4 is 12.0 Å². The van der Waals surface area contributed by atoms with Gasteiger partial charge in [0.25, 0.3) is 0 Å². The Bertz CT molecular complexity index is 470. The summed E-state index contributed by atoms with van der Waals surface area (Å²) in [6, 6.07) is -0.474. The third kappa shape index (κ3) is 4.15. The number of nitrogens with one attached hydrogen (secondary N) is 2. The predicted octanol–water partition coefficient (Wildman–Crippen LogP) is -0.399. The van der Waals surface area contributed by atoms with Crippen LogP contribution in [0.4, 0.5) is 4.79 Å². The quantitative estimate of drug-likeness (QED) is 0.615. The molecule has 2 rings (SSSR count). The van der Waals surface area contributed by atoms with Gasteiger partial charge >= 0.3 is 12.0 Å². The van der Waals surface area contributed by atoms with Gasteiger partial charge in [0.2, 0.25) is 0 Å². The molecule has 0 atom stereocenters. The number of aromatic nitrogens is 3. The summed E-state index contributed by atoms with van der Waals surface area (Å²) in [4.78, 5) is 23.2. The first kappa shape index (κ1) is 15.2. The summed E-state index contributed by atoms with van der Waals surface area (Å²) >= 11 is 0. The lowest BCUT2D eigenvalue weighted by atomic mass is 9.90. The average Bonchev–Trinajstić information content (AvgIpc) is 2.98. The highest BCUT2D eigenvalue weighted by Crippen LogP contribution is 2.20. The monoisotopic (exact) mass is 297 g/mol. The maximum atomic E-state index is 11.8. The SMILES string of the molecule is O=C(NCCCn1ccnn1)NC1(C(=O)O)CCOCC1. The third-order valence-electron chi connectivity index (χ3n) is 3.43. The molecule has 1 fully saturated rings.